The first-order chi connectivity index (χ1) is 14.0. The molecule has 29 heavy (non-hydrogen) atoms. The molecule has 1 amide bonds. The standard InChI is InChI=1S/C23H30N2O4/c1-17-14-25(15-18(2)29-17)16-19-4-6-20(7-5-19)23(26)24-12-13-28-22-10-8-21(27-3)9-11-22/h4-11,17-18H,12-16H2,1-3H3,(H,24,26)/t17-,18+. The third-order valence-electron chi connectivity index (χ3n) is 4.83. The molecule has 1 N–H and O–H groups in total. The van der Waals surface area contributed by atoms with Crippen LogP contribution >= 0.6 is 0 Å². The lowest BCUT2D eigenvalue weighted by Crippen LogP contribution is -2.44. The zero-order valence-electron chi connectivity index (χ0n) is 17.4. The second-order valence-electron chi connectivity index (χ2n) is 7.43. The van der Waals surface area contributed by atoms with Gasteiger partial charge < -0.3 is 19.5 Å². The van der Waals surface area contributed by atoms with E-state index in [9.17, 15) is 4.79 Å². The van der Waals surface area contributed by atoms with Crippen molar-refractivity contribution in [2.75, 3.05) is 33.4 Å². The zero-order chi connectivity index (χ0) is 20.6. The van der Waals surface area contributed by atoms with Gasteiger partial charge in [0.05, 0.1) is 25.9 Å². The number of carbonyl (C=O) groups is 1. The molecule has 0 aromatic heterocycles. The summed E-state index contributed by atoms with van der Waals surface area (Å²) in [5.41, 5.74) is 1.85. The highest BCUT2D eigenvalue weighted by atomic mass is 16.5. The van der Waals surface area contributed by atoms with Crippen molar-refractivity contribution >= 4 is 5.91 Å². The molecule has 1 heterocycles. The number of nitrogens with zero attached hydrogens (tertiary/aromatic N) is 1. The average molecular weight is 399 g/mol. The van der Waals surface area contributed by atoms with Gasteiger partial charge in [-0.25, -0.2) is 0 Å². The van der Waals surface area contributed by atoms with Crippen LogP contribution < -0.4 is 14.8 Å². The second-order valence-corrected chi connectivity index (χ2v) is 7.43. The van der Waals surface area contributed by atoms with Gasteiger partial charge >= 0.3 is 0 Å². The van der Waals surface area contributed by atoms with Crippen LogP contribution in [0.1, 0.15) is 29.8 Å². The van der Waals surface area contributed by atoms with Crippen molar-refractivity contribution in [3.8, 4) is 11.5 Å². The first kappa shape index (κ1) is 21.1. The zero-order valence-corrected chi connectivity index (χ0v) is 17.4. The summed E-state index contributed by atoms with van der Waals surface area (Å²) in [6.07, 6.45) is 0.507. The summed E-state index contributed by atoms with van der Waals surface area (Å²) in [5.74, 6) is 1.44. The van der Waals surface area contributed by atoms with E-state index in [1.807, 2.05) is 48.5 Å². The van der Waals surface area contributed by atoms with Crippen LogP contribution in [-0.2, 0) is 11.3 Å². The number of carbonyl (C=O) groups excluding carboxylic acids is 1. The number of morpholine rings is 1. The molecule has 1 fully saturated rings. The molecule has 1 aliphatic heterocycles. The molecule has 0 aliphatic carbocycles. The number of hydrogen-bond acceptors (Lipinski definition) is 5. The fourth-order valence-electron chi connectivity index (χ4n) is 3.54. The minimum Gasteiger partial charge on any atom is -0.497 e. The molecule has 6 heteroatoms. The van der Waals surface area contributed by atoms with Gasteiger partial charge in [-0.2, -0.15) is 0 Å². The Morgan fingerprint density at radius 1 is 1.03 bits per heavy atom. The molecule has 2 aromatic carbocycles. The van der Waals surface area contributed by atoms with Gasteiger partial charge in [-0.3, -0.25) is 9.69 Å². The van der Waals surface area contributed by atoms with E-state index >= 15 is 0 Å². The smallest absolute Gasteiger partial charge is 0.251 e. The lowest BCUT2D eigenvalue weighted by molar-refractivity contribution is -0.0704. The molecule has 156 valence electrons. The Labute approximate surface area is 172 Å². The molecule has 0 saturated carbocycles. The number of rotatable bonds is 8. The number of benzene rings is 2. The van der Waals surface area contributed by atoms with E-state index in [1.165, 1.54) is 5.56 Å². The van der Waals surface area contributed by atoms with E-state index in [2.05, 4.69) is 24.1 Å². The number of ether oxygens (including phenoxy) is 3. The van der Waals surface area contributed by atoms with Gasteiger partial charge in [-0.15, -0.1) is 0 Å². The summed E-state index contributed by atoms with van der Waals surface area (Å²) in [5, 5.41) is 2.89. The molecule has 0 unspecified atom stereocenters. The Morgan fingerprint density at radius 2 is 1.66 bits per heavy atom. The topological polar surface area (TPSA) is 60.0 Å². The van der Waals surface area contributed by atoms with E-state index in [0.29, 0.717) is 18.7 Å². The summed E-state index contributed by atoms with van der Waals surface area (Å²) in [7, 11) is 1.63. The molecule has 3 rings (SSSR count). The summed E-state index contributed by atoms with van der Waals surface area (Å²) in [4.78, 5) is 14.7. The van der Waals surface area contributed by atoms with Crippen molar-refractivity contribution in [1.82, 2.24) is 10.2 Å². The molecule has 0 bridgehead atoms. The van der Waals surface area contributed by atoms with E-state index in [0.717, 1.165) is 31.1 Å². The van der Waals surface area contributed by atoms with Crippen LogP contribution in [0.4, 0.5) is 0 Å². The van der Waals surface area contributed by atoms with Crippen molar-refractivity contribution in [2.24, 2.45) is 0 Å². The number of methoxy groups -OCH3 is 1. The Hall–Kier alpha value is -2.57. The van der Waals surface area contributed by atoms with Gasteiger partial charge in [0, 0.05) is 25.2 Å². The predicted molar refractivity (Wildman–Crippen MR) is 113 cm³/mol. The van der Waals surface area contributed by atoms with Crippen molar-refractivity contribution in [3.63, 3.8) is 0 Å². The quantitative estimate of drug-likeness (QED) is 0.693. The maximum absolute atomic E-state index is 12.3. The Kier molecular flexibility index (Phi) is 7.49. The predicted octanol–water partition coefficient (Wildman–Crippen LogP) is 3.11. The van der Waals surface area contributed by atoms with Gasteiger partial charge in [-0.1, -0.05) is 12.1 Å². The molecular weight excluding hydrogens is 368 g/mol. The number of hydrogen-bond donors (Lipinski definition) is 1. The second kappa shape index (κ2) is 10.3. The van der Waals surface area contributed by atoms with E-state index < -0.39 is 0 Å². The summed E-state index contributed by atoms with van der Waals surface area (Å²) in [6, 6.07) is 15.2. The van der Waals surface area contributed by atoms with Gasteiger partial charge in [0.2, 0.25) is 0 Å². The van der Waals surface area contributed by atoms with Crippen LogP contribution in [0.5, 0.6) is 11.5 Å². The molecule has 2 aromatic rings. The fraction of sp³-hybridized carbons (Fsp3) is 0.435. The lowest BCUT2D eigenvalue weighted by atomic mass is 10.1. The van der Waals surface area contributed by atoms with Crippen LogP contribution in [0.2, 0.25) is 0 Å². The van der Waals surface area contributed by atoms with Gasteiger partial charge in [0.25, 0.3) is 5.91 Å². The minimum atomic E-state index is -0.0940. The third-order valence-corrected chi connectivity index (χ3v) is 4.83. The Morgan fingerprint density at radius 3 is 2.28 bits per heavy atom. The summed E-state index contributed by atoms with van der Waals surface area (Å²) in [6.45, 7) is 7.79. The Balaban J connectivity index is 1.41. The number of nitrogens with one attached hydrogen (secondary N) is 1. The van der Waals surface area contributed by atoms with Crippen LogP contribution in [0, 0.1) is 0 Å². The van der Waals surface area contributed by atoms with Gasteiger partial charge in [-0.05, 0) is 55.8 Å². The summed E-state index contributed by atoms with van der Waals surface area (Å²) >= 11 is 0. The van der Waals surface area contributed by atoms with Crippen LogP contribution in [0.15, 0.2) is 48.5 Å². The van der Waals surface area contributed by atoms with Crippen molar-refractivity contribution in [3.05, 3.63) is 59.7 Å². The highest BCUT2D eigenvalue weighted by molar-refractivity contribution is 5.94. The van der Waals surface area contributed by atoms with Gasteiger partial charge in [0.1, 0.15) is 18.1 Å². The highest BCUT2D eigenvalue weighted by Gasteiger charge is 2.22. The van der Waals surface area contributed by atoms with Crippen molar-refractivity contribution in [1.29, 1.82) is 0 Å². The summed E-state index contributed by atoms with van der Waals surface area (Å²) < 4.78 is 16.5. The van der Waals surface area contributed by atoms with Crippen LogP contribution in [0.3, 0.4) is 0 Å². The number of amides is 1. The van der Waals surface area contributed by atoms with Crippen LogP contribution in [0.25, 0.3) is 0 Å². The molecule has 1 aliphatic rings. The maximum Gasteiger partial charge on any atom is 0.251 e. The monoisotopic (exact) mass is 398 g/mol. The maximum atomic E-state index is 12.3. The third kappa shape index (κ3) is 6.48. The minimum absolute atomic E-state index is 0.0940. The van der Waals surface area contributed by atoms with Gasteiger partial charge in [0.15, 0.2) is 0 Å². The van der Waals surface area contributed by atoms with Crippen molar-refractivity contribution < 1.29 is 19.0 Å². The first-order valence-electron chi connectivity index (χ1n) is 10.1. The lowest BCUT2D eigenvalue weighted by Gasteiger charge is -2.35. The molecule has 0 radical (unpaired) electrons. The first-order valence-corrected chi connectivity index (χ1v) is 10.1. The molecule has 2 atom stereocenters. The highest BCUT2D eigenvalue weighted by Crippen LogP contribution is 2.17. The van der Waals surface area contributed by atoms with Crippen LogP contribution in [-0.4, -0.2) is 56.4 Å². The molecule has 0 spiro atoms. The molecule has 6 nitrogen and oxygen atoms in total. The van der Waals surface area contributed by atoms with E-state index in [4.69, 9.17) is 14.2 Å². The van der Waals surface area contributed by atoms with E-state index in [1.54, 1.807) is 7.11 Å². The molecular formula is C23H30N2O4. The SMILES string of the molecule is COc1ccc(OCCNC(=O)c2ccc(CN3C[C@@H](C)O[C@@H](C)C3)cc2)cc1. The Bertz CT molecular complexity index is 766. The largest absolute Gasteiger partial charge is 0.497 e. The average Bonchev–Trinajstić information content (AvgIpc) is 2.71. The normalized spacial score (nSPS) is 19.6. The molecule has 1 saturated heterocycles. The van der Waals surface area contributed by atoms with Crippen molar-refractivity contribution in [2.45, 2.75) is 32.6 Å². The fourth-order valence-corrected chi connectivity index (χ4v) is 3.54. The van der Waals surface area contributed by atoms with E-state index in [-0.39, 0.29) is 18.1 Å².